The molecule has 6 nitrogen and oxygen atoms in total. The molecule has 0 unspecified atom stereocenters. The zero-order chi connectivity index (χ0) is 18.5. The van der Waals surface area contributed by atoms with Gasteiger partial charge < -0.3 is 14.9 Å². The zero-order valence-corrected chi connectivity index (χ0v) is 14.7. The molecular formula is C19H24FN3O3. The first-order chi connectivity index (χ1) is 12.5. The van der Waals surface area contributed by atoms with Crippen molar-refractivity contribution < 1.29 is 19.1 Å². The number of likely N-dealkylation sites (tertiary alicyclic amines) is 1. The molecule has 2 heterocycles. The van der Waals surface area contributed by atoms with Gasteiger partial charge >= 0.3 is 5.97 Å². The highest BCUT2D eigenvalue weighted by atomic mass is 19.1. The van der Waals surface area contributed by atoms with Gasteiger partial charge in [0.1, 0.15) is 5.82 Å². The van der Waals surface area contributed by atoms with Crippen molar-refractivity contribution in [1.29, 1.82) is 0 Å². The first-order valence-electron chi connectivity index (χ1n) is 8.97. The topological polar surface area (TPSA) is 64.1 Å². The Balaban J connectivity index is 1.45. The van der Waals surface area contributed by atoms with Crippen LogP contribution >= 0.6 is 0 Å². The fourth-order valence-electron chi connectivity index (χ4n) is 3.70. The lowest BCUT2D eigenvalue weighted by Crippen LogP contribution is -2.53. The van der Waals surface area contributed by atoms with Gasteiger partial charge in [-0.2, -0.15) is 0 Å². The van der Waals surface area contributed by atoms with Gasteiger partial charge in [-0.1, -0.05) is 0 Å². The number of halogens is 1. The summed E-state index contributed by atoms with van der Waals surface area (Å²) in [7, 11) is 0. The van der Waals surface area contributed by atoms with Gasteiger partial charge in [-0.15, -0.1) is 0 Å². The van der Waals surface area contributed by atoms with E-state index in [2.05, 4.69) is 9.80 Å². The van der Waals surface area contributed by atoms with E-state index in [9.17, 15) is 14.0 Å². The molecule has 2 aliphatic heterocycles. The summed E-state index contributed by atoms with van der Waals surface area (Å²) < 4.78 is 13.0. The largest absolute Gasteiger partial charge is 0.478 e. The molecule has 0 bridgehead atoms. The maximum absolute atomic E-state index is 13.0. The number of carbonyl (C=O) groups excluding carboxylic acids is 1. The Hall–Kier alpha value is -2.41. The van der Waals surface area contributed by atoms with Crippen LogP contribution in [0, 0.1) is 5.82 Å². The van der Waals surface area contributed by atoms with E-state index in [4.69, 9.17) is 5.11 Å². The van der Waals surface area contributed by atoms with Crippen molar-refractivity contribution >= 4 is 17.6 Å². The van der Waals surface area contributed by atoms with Crippen LogP contribution < -0.4 is 4.90 Å². The summed E-state index contributed by atoms with van der Waals surface area (Å²) in [5.41, 5.74) is 1.05. The van der Waals surface area contributed by atoms with E-state index in [0.717, 1.165) is 56.9 Å². The molecule has 2 saturated heterocycles. The van der Waals surface area contributed by atoms with Gasteiger partial charge in [0.15, 0.2) is 0 Å². The van der Waals surface area contributed by atoms with Crippen molar-refractivity contribution in [2.45, 2.75) is 18.9 Å². The third kappa shape index (κ3) is 4.60. The molecule has 2 fully saturated rings. The van der Waals surface area contributed by atoms with Crippen LogP contribution in [0.3, 0.4) is 0 Å². The lowest BCUT2D eigenvalue weighted by molar-refractivity contribution is -0.132. The van der Waals surface area contributed by atoms with Crippen LogP contribution in [0.2, 0.25) is 0 Å². The maximum Gasteiger partial charge on any atom is 0.328 e. The summed E-state index contributed by atoms with van der Waals surface area (Å²) in [6.07, 6.45) is 3.83. The van der Waals surface area contributed by atoms with Crippen molar-refractivity contribution in [1.82, 2.24) is 9.80 Å². The van der Waals surface area contributed by atoms with Crippen LogP contribution in [-0.2, 0) is 9.59 Å². The van der Waals surface area contributed by atoms with Gasteiger partial charge in [-0.3, -0.25) is 9.69 Å². The number of anilines is 1. The van der Waals surface area contributed by atoms with Gasteiger partial charge in [-0.05, 0) is 37.1 Å². The average molecular weight is 361 g/mol. The van der Waals surface area contributed by atoms with E-state index < -0.39 is 5.97 Å². The quantitative estimate of drug-likeness (QED) is 0.825. The van der Waals surface area contributed by atoms with Crippen LogP contribution in [0.25, 0.3) is 0 Å². The second kappa shape index (κ2) is 8.31. The fraction of sp³-hybridized carbons (Fsp3) is 0.474. The average Bonchev–Trinajstić information content (AvgIpc) is 2.67. The number of piperidine rings is 1. The molecule has 0 aromatic heterocycles. The standard InChI is InChI=1S/C19H24FN3O3/c20-15-1-3-16(4-2-15)21-11-13-22(14-12-21)17-7-9-23(10-8-17)18(24)5-6-19(25)26/h1-6,17H,7-14H2,(H,25,26)/b6-5-. The lowest BCUT2D eigenvalue weighted by atomic mass is 10.0. The molecule has 0 aliphatic carbocycles. The van der Waals surface area contributed by atoms with Gasteiger partial charge in [-0.25, -0.2) is 9.18 Å². The molecule has 0 spiro atoms. The Morgan fingerprint density at radius 2 is 1.58 bits per heavy atom. The molecular weight excluding hydrogens is 337 g/mol. The minimum Gasteiger partial charge on any atom is -0.478 e. The normalized spacial score (nSPS) is 19.9. The highest BCUT2D eigenvalue weighted by Crippen LogP contribution is 2.21. The van der Waals surface area contributed by atoms with Crippen molar-refractivity contribution in [3.05, 3.63) is 42.2 Å². The Morgan fingerprint density at radius 3 is 2.15 bits per heavy atom. The van der Waals surface area contributed by atoms with E-state index in [1.165, 1.54) is 12.1 Å². The van der Waals surface area contributed by atoms with Gasteiger partial charge in [0.25, 0.3) is 0 Å². The molecule has 1 aromatic carbocycles. The molecule has 1 N–H and O–H groups in total. The highest BCUT2D eigenvalue weighted by Gasteiger charge is 2.28. The Labute approximate surface area is 152 Å². The third-order valence-electron chi connectivity index (χ3n) is 5.17. The number of nitrogens with zero attached hydrogens (tertiary/aromatic N) is 3. The molecule has 7 heteroatoms. The number of rotatable bonds is 4. The molecule has 1 aromatic rings. The third-order valence-corrected chi connectivity index (χ3v) is 5.17. The van der Waals surface area contributed by atoms with Crippen LogP contribution in [0.4, 0.5) is 10.1 Å². The lowest BCUT2D eigenvalue weighted by Gasteiger charge is -2.43. The number of carbonyl (C=O) groups is 2. The Kier molecular flexibility index (Phi) is 5.88. The number of piperazine rings is 1. The minimum absolute atomic E-state index is 0.216. The van der Waals surface area contributed by atoms with E-state index in [1.54, 1.807) is 4.90 Å². The number of carboxylic acid groups (broad SMARTS) is 1. The van der Waals surface area contributed by atoms with Crippen LogP contribution in [0.5, 0.6) is 0 Å². The van der Waals surface area contributed by atoms with E-state index in [-0.39, 0.29) is 11.7 Å². The van der Waals surface area contributed by atoms with Crippen molar-refractivity contribution in [3.63, 3.8) is 0 Å². The molecule has 0 atom stereocenters. The molecule has 0 radical (unpaired) electrons. The molecule has 2 aliphatic rings. The van der Waals surface area contributed by atoms with Crippen LogP contribution in [0.15, 0.2) is 36.4 Å². The summed E-state index contributed by atoms with van der Waals surface area (Å²) in [5.74, 6) is -1.55. The summed E-state index contributed by atoms with van der Waals surface area (Å²) in [4.78, 5) is 28.9. The second-order valence-corrected chi connectivity index (χ2v) is 6.73. The number of hydrogen-bond acceptors (Lipinski definition) is 4. The Morgan fingerprint density at radius 1 is 0.962 bits per heavy atom. The van der Waals surface area contributed by atoms with Crippen LogP contribution in [0.1, 0.15) is 12.8 Å². The first-order valence-corrected chi connectivity index (χ1v) is 8.97. The fourth-order valence-corrected chi connectivity index (χ4v) is 3.70. The van der Waals surface area contributed by atoms with Gasteiger partial charge in [0, 0.05) is 63.1 Å². The first kappa shape index (κ1) is 18.4. The number of hydrogen-bond donors (Lipinski definition) is 1. The SMILES string of the molecule is O=C(O)/C=C\C(=O)N1CCC(N2CCN(c3ccc(F)cc3)CC2)CC1. The van der Waals surface area contributed by atoms with Gasteiger partial charge in [0.2, 0.25) is 5.91 Å². The van der Waals surface area contributed by atoms with E-state index >= 15 is 0 Å². The zero-order valence-electron chi connectivity index (χ0n) is 14.7. The number of carboxylic acids is 1. The van der Waals surface area contributed by atoms with Gasteiger partial charge in [0.05, 0.1) is 0 Å². The summed E-state index contributed by atoms with van der Waals surface area (Å²) >= 11 is 0. The summed E-state index contributed by atoms with van der Waals surface area (Å²) in [6, 6.07) is 7.08. The monoisotopic (exact) mass is 361 g/mol. The number of benzene rings is 1. The Bertz CT molecular complexity index is 661. The molecule has 3 rings (SSSR count). The van der Waals surface area contributed by atoms with Crippen molar-refractivity contribution in [2.75, 3.05) is 44.2 Å². The van der Waals surface area contributed by atoms with E-state index in [1.807, 2.05) is 12.1 Å². The minimum atomic E-state index is -1.10. The number of amides is 1. The smallest absolute Gasteiger partial charge is 0.328 e. The number of aliphatic carboxylic acids is 1. The summed E-state index contributed by atoms with van der Waals surface area (Å²) in [5, 5.41) is 8.60. The molecule has 26 heavy (non-hydrogen) atoms. The molecule has 1 amide bonds. The maximum atomic E-state index is 13.0. The van der Waals surface area contributed by atoms with Crippen molar-refractivity contribution in [3.8, 4) is 0 Å². The summed E-state index contributed by atoms with van der Waals surface area (Å²) in [6.45, 7) is 5.04. The van der Waals surface area contributed by atoms with E-state index in [0.29, 0.717) is 19.1 Å². The highest BCUT2D eigenvalue weighted by molar-refractivity contribution is 5.93. The van der Waals surface area contributed by atoms with Crippen LogP contribution in [-0.4, -0.2) is 72.1 Å². The predicted molar refractivity (Wildman–Crippen MR) is 96.6 cm³/mol. The second-order valence-electron chi connectivity index (χ2n) is 6.73. The predicted octanol–water partition coefficient (Wildman–Crippen LogP) is 1.58. The van der Waals surface area contributed by atoms with Crippen molar-refractivity contribution in [2.24, 2.45) is 0 Å². The molecule has 140 valence electrons. The molecule has 0 saturated carbocycles.